The van der Waals surface area contributed by atoms with Crippen molar-refractivity contribution in [3.63, 3.8) is 0 Å². The number of para-hydroxylation sites is 1. The number of methoxy groups -OCH3 is 1. The molecule has 24 heavy (non-hydrogen) atoms. The average Bonchev–Trinajstić information content (AvgIpc) is 2.62. The molecule has 2 rings (SSSR count). The molecule has 1 N–H and O–H groups in total. The molecule has 0 fully saturated rings. The van der Waals surface area contributed by atoms with Crippen molar-refractivity contribution in [3.8, 4) is 0 Å². The third-order valence-corrected chi connectivity index (χ3v) is 5.25. The van der Waals surface area contributed by atoms with Crippen LogP contribution >= 0.6 is 0 Å². The van der Waals surface area contributed by atoms with Crippen molar-refractivity contribution >= 4 is 21.6 Å². The minimum atomic E-state index is -3.74. The van der Waals surface area contributed by atoms with Gasteiger partial charge in [0.15, 0.2) is 0 Å². The molecule has 0 radical (unpaired) electrons. The van der Waals surface area contributed by atoms with Crippen molar-refractivity contribution in [2.45, 2.75) is 4.90 Å². The quantitative estimate of drug-likeness (QED) is 0.775. The Kier molecular flexibility index (Phi) is 5.94. The zero-order valence-electron chi connectivity index (χ0n) is 13.6. The number of nitrogens with one attached hydrogen (secondary N) is 1. The van der Waals surface area contributed by atoms with Crippen LogP contribution in [-0.2, 0) is 14.8 Å². The number of hydrogen-bond donors (Lipinski definition) is 1. The van der Waals surface area contributed by atoms with E-state index in [1.807, 2.05) is 6.07 Å². The average molecular weight is 348 g/mol. The van der Waals surface area contributed by atoms with Crippen molar-refractivity contribution < 1.29 is 17.9 Å². The van der Waals surface area contributed by atoms with Gasteiger partial charge in [0.25, 0.3) is 15.9 Å². The van der Waals surface area contributed by atoms with Crippen LogP contribution in [-0.4, -0.2) is 41.6 Å². The predicted molar refractivity (Wildman–Crippen MR) is 92.7 cm³/mol. The van der Waals surface area contributed by atoms with Crippen molar-refractivity contribution in [2.24, 2.45) is 0 Å². The van der Waals surface area contributed by atoms with Crippen LogP contribution in [0.5, 0.6) is 0 Å². The van der Waals surface area contributed by atoms with E-state index in [9.17, 15) is 13.2 Å². The number of benzene rings is 2. The highest BCUT2D eigenvalue weighted by molar-refractivity contribution is 7.92. The van der Waals surface area contributed by atoms with Gasteiger partial charge in [-0.05, 0) is 30.3 Å². The van der Waals surface area contributed by atoms with E-state index in [2.05, 4.69) is 5.32 Å². The van der Waals surface area contributed by atoms with E-state index in [1.165, 1.54) is 23.5 Å². The summed E-state index contributed by atoms with van der Waals surface area (Å²) in [5, 5.41) is 2.67. The van der Waals surface area contributed by atoms with Gasteiger partial charge in [0.05, 0.1) is 17.2 Å². The highest BCUT2D eigenvalue weighted by atomic mass is 32.2. The summed E-state index contributed by atoms with van der Waals surface area (Å²) in [4.78, 5) is 12.1. The first kappa shape index (κ1) is 18.0. The zero-order valence-corrected chi connectivity index (χ0v) is 14.4. The van der Waals surface area contributed by atoms with Gasteiger partial charge in [-0.25, -0.2) is 8.42 Å². The summed E-state index contributed by atoms with van der Waals surface area (Å²) >= 11 is 0. The molecule has 0 saturated carbocycles. The van der Waals surface area contributed by atoms with Gasteiger partial charge in [-0.15, -0.1) is 0 Å². The van der Waals surface area contributed by atoms with Crippen molar-refractivity contribution in [3.05, 3.63) is 60.2 Å². The minimum Gasteiger partial charge on any atom is -0.383 e. The number of amides is 1. The first-order chi connectivity index (χ1) is 11.5. The standard InChI is InChI=1S/C17H20N2O4S/c1-19(15-8-4-3-5-9-15)24(21,22)16-10-6-7-14(13-16)17(20)18-11-12-23-2/h3-10,13H,11-12H2,1-2H3,(H,18,20). The monoisotopic (exact) mass is 348 g/mol. The van der Waals surface area contributed by atoms with E-state index in [1.54, 1.807) is 43.5 Å². The van der Waals surface area contributed by atoms with Gasteiger partial charge < -0.3 is 10.1 Å². The number of anilines is 1. The molecule has 0 aliphatic heterocycles. The fourth-order valence-electron chi connectivity index (χ4n) is 2.10. The van der Waals surface area contributed by atoms with E-state index >= 15 is 0 Å². The number of rotatable bonds is 7. The number of sulfonamides is 1. The first-order valence-corrected chi connectivity index (χ1v) is 8.82. The third-order valence-electron chi connectivity index (χ3n) is 3.47. The Morgan fingerprint density at radius 1 is 1.12 bits per heavy atom. The van der Waals surface area contributed by atoms with Crippen LogP contribution in [0.1, 0.15) is 10.4 Å². The van der Waals surface area contributed by atoms with Crippen LogP contribution in [0.15, 0.2) is 59.5 Å². The molecule has 0 spiro atoms. The number of ether oxygens (including phenoxy) is 1. The Bertz CT molecular complexity index is 791. The lowest BCUT2D eigenvalue weighted by atomic mass is 10.2. The zero-order chi connectivity index (χ0) is 17.6. The summed E-state index contributed by atoms with van der Waals surface area (Å²) < 4.78 is 31.5. The smallest absolute Gasteiger partial charge is 0.264 e. The third kappa shape index (κ3) is 4.12. The molecule has 0 atom stereocenters. The second-order valence-corrected chi connectivity index (χ2v) is 7.05. The molecule has 0 unspecified atom stereocenters. The maximum atomic E-state index is 12.7. The van der Waals surface area contributed by atoms with Gasteiger partial charge in [0.1, 0.15) is 0 Å². The highest BCUT2D eigenvalue weighted by Crippen LogP contribution is 2.22. The molecule has 0 heterocycles. The van der Waals surface area contributed by atoms with E-state index in [0.717, 1.165) is 0 Å². The number of hydrogen-bond acceptors (Lipinski definition) is 4. The first-order valence-electron chi connectivity index (χ1n) is 7.38. The molecule has 128 valence electrons. The molecule has 0 saturated heterocycles. The van der Waals surface area contributed by atoms with E-state index < -0.39 is 10.0 Å². The Morgan fingerprint density at radius 3 is 2.50 bits per heavy atom. The summed E-state index contributed by atoms with van der Waals surface area (Å²) in [6.45, 7) is 0.747. The fraction of sp³-hybridized carbons (Fsp3) is 0.235. The fourth-order valence-corrected chi connectivity index (χ4v) is 3.34. The molecule has 7 heteroatoms. The van der Waals surface area contributed by atoms with Crippen LogP contribution in [0, 0.1) is 0 Å². The maximum absolute atomic E-state index is 12.7. The highest BCUT2D eigenvalue weighted by Gasteiger charge is 2.22. The van der Waals surface area contributed by atoms with Gasteiger partial charge in [-0.3, -0.25) is 9.10 Å². The lowest BCUT2D eigenvalue weighted by Crippen LogP contribution is -2.28. The number of carbonyl (C=O) groups excluding carboxylic acids is 1. The molecule has 2 aromatic carbocycles. The lowest BCUT2D eigenvalue weighted by Gasteiger charge is -2.19. The van der Waals surface area contributed by atoms with Crippen LogP contribution in [0.4, 0.5) is 5.69 Å². The second kappa shape index (κ2) is 7.94. The van der Waals surface area contributed by atoms with E-state index in [4.69, 9.17) is 4.74 Å². The molecule has 6 nitrogen and oxygen atoms in total. The Balaban J connectivity index is 2.25. The van der Waals surface area contributed by atoms with Gasteiger partial charge in [-0.1, -0.05) is 24.3 Å². The second-order valence-electron chi connectivity index (χ2n) is 5.08. The SMILES string of the molecule is COCCNC(=O)c1cccc(S(=O)(=O)N(C)c2ccccc2)c1. The van der Waals surface area contributed by atoms with Crippen LogP contribution < -0.4 is 9.62 Å². The molecule has 0 aromatic heterocycles. The van der Waals surface area contributed by atoms with Gasteiger partial charge >= 0.3 is 0 Å². The van der Waals surface area contributed by atoms with E-state index in [-0.39, 0.29) is 16.4 Å². The van der Waals surface area contributed by atoms with Crippen molar-refractivity contribution in [2.75, 3.05) is 31.6 Å². The summed E-state index contributed by atoms with van der Waals surface area (Å²) in [6, 6.07) is 14.7. The van der Waals surface area contributed by atoms with Gasteiger partial charge in [-0.2, -0.15) is 0 Å². The van der Waals surface area contributed by atoms with Crippen molar-refractivity contribution in [1.82, 2.24) is 5.32 Å². The molecular formula is C17H20N2O4S. The van der Waals surface area contributed by atoms with Crippen LogP contribution in [0.25, 0.3) is 0 Å². The topological polar surface area (TPSA) is 75.7 Å². The van der Waals surface area contributed by atoms with Crippen molar-refractivity contribution in [1.29, 1.82) is 0 Å². The van der Waals surface area contributed by atoms with Gasteiger partial charge in [0, 0.05) is 26.3 Å². The summed E-state index contributed by atoms with van der Waals surface area (Å²) in [5.41, 5.74) is 0.834. The molecule has 2 aromatic rings. The predicted octanol–water partition coefficient (Wildman–Crippen LogP) is 1.89. The van der Waals surface area contributed by atoms with Gasteiger partial charge in [0.2, 0.25) is 0 Å². The Hall–Kier alpha value is -2.38. The summed E-state index contributed by atoms with van der Waals surface area (Å²) in [6.07, 6.45) is 0. The van der Waals surface area contributed by atoms with Crippen LogP contribution in [0.2, 0.25) is 0 Å². The molecule has 0 aliphatic carbocycles. The van der Waals surface area contributed by atoms with Crippen LogP contribution in [0.3, 0.4) is 0 Å². The Labute approximate surface area is 142 Å². The lowest BCUT2D eigenvalue weighted by molar-refractivity contribution is 0.0937. The molecule has 0 aliphatic rings. The minimum absolute atomic E-state index is 0.0632. The molecule has 1 amide bonds. The molecular weight excluding hydrogens is 328 g/mol. The maximum Gasteiger partial charge on any atom is 0.264 e. The summed E-state index contributed by atoms with van der Waals surface area (Å²) in [5.74, 6) is -0.341. The number of carbonyl (C=O) groups is 1. The summed E-state index contributed by atoms with van der Waals surface area (Å²) in [7, 11) is -0.722. The normalized spacial score (nSPS) is 11.1. The molecule has 0 bridgehead atoms. The van der Waals surface area contributed by atoms with E-state index in [0.29, 0.717) is 18.8 Å². The number of nitrogens with zero attached hydrogens (tertiary/aromatic N) is 1. The Morgan fingerprint density at radius 2 is 1.83 bits per heavy atom. The largest absolute Gasteiger partial charge is 0.383 e.